The second-order valence-electron chi connectivity index (χ2n) is 5.03. The summed E-state index contributed by atoms with van der Waals surface area (Å²) >= 11 is 5.32. The molecule has 0 aromatic carbocycles. The van der Waals surface area contributed by atoms with Crippen LogP contribution in [0.25, 0.3) is 0 Å². The zero-order valence-corrected chi connectivity index (χ0v) is 11.0. The van der Waals surface area contributed by atoms with E-state index in [9.17, 15) is 9.59 Å². The predicted octanol–water partition coefficient (Wildman–Crippen LogP) is 2.03. The molecule has 17 heavy (non-hydrogen) atoms. The maximum absolute atomic E-state index is 11.5. The Morgan fingerprint density at radius 2 is 2.00 bits per heavy atom. The number of ether oxygens (including phenoxy) is 2. The summed E-state index contributed by atoms with van der Waals surface area (Å²) in [5.41, 5.74) is -0.589. The van der Waals surface area contributed by atoms with Crippen molar-refractivity contribution in [1.29, 1.82) is 0 Å². The molecule has 1 saturated carbocycles. The van der Waals surface area contributed by atoms with E-state index >= 15 is 0 Å². The minimum Gasteiger partial charge on any atom is -0.448 e. The van der Waals surface area contributed by atoms with Gasteiger partial charge in [0.2, 0.25) is 0 Å². The highest BCUT2D eigenvalue weighted by molar-refractivity contribution is 6.17. The van der Waals surface area contributed by atoms with Gasteiger partial charge in [-0.3, -0.25) is 0 Å². The van der Waals surface area contributed by atoms with Crippen molar-refractivity contribution in [3.63, 3.8) is 0 Å². The van der Waals surface area contributed by atoms with Gasteiger partial charge in [-0.05, 0) is 39.5 Å². The minimum absolute atomic E-state index is 0.137. The lowest BCUT2D eigenvalue weighted by Crippen LogP contribution is -2.45. The van der Waals surface area contributed by atoms with Gasteiger partial charge in [0.05, 0.1) is 0 Å². The van der Waals surface area contributed by atoms with Crippen molar-refractivity contribution in [3.8, 4) is 0 Å². The molecule has 0 aromatic rings. The van der Waals surface area contributed by atoms with Crippen molar-refractivity contribution in [1.82, 2.24) is 5.32 Å². The maximum Gasteiger partial charge on any atom is 0.408 e. The Bertz CT molecular complexity index is 296. The lowest BCUT2D eigenvalue weighted by molar-refractivity contribution is -0.144. The summed E-state index contributed by atoms with van der Waals surface area (Å²) in [4.78, 5) is 23.1. The zero-order valence-electron chi connectivity index (χ0n) is 10.3. The Kier molecular flexibility index (Phi) is 4.62. The van der Waals surface area contributed by atoms with Crippen molar-refractivity contribution in [3.05, 3.63) is 0 Å². The molecule has 1 aliphatic carbocycles. The summed E-state index contributed by atoms with van der Waals surface area (Å²) in [6.07, 6.45) is 1.19. The fraction of sp³-hybridized carbons (Fsp3) is 0.818. The van der Waals surface area contributed by atoms with E-state index < -0.39 is 23.7 Å². The van der Waals surface area contributed by atoms with Crippen LogP contribution in [0.15, 0.2) is 0 Å². The number of carbonyl (C=O) groups excluding carboxylic acids is 2. The molecule has 1 aliphatic rings. The van der Waals surface area contributed by atoms with Gasteiger partial charge >= 0.3 is 12.1 Å². The average molecular weight is 264 g/mol. The van der Waals surface area contributed by atoms with Crippen LogP contribution >= 0.6 is 11.6 Å². The van der Waals surface area contributed by atoms with Crippen LogP contribution in [0.4, 0.5) is 4.79 Å². The number of alkyl halides is 1. The minimum atomic E-state index is -0.649. The van der Waals surface area contributed by atoms with E-state index in [1.54, 1.807) is 20.8 Å². The SMILES string of the molecule is CC(C)(C)OC(=O)N[C@H](C(=O)OCCl)C1CC1. The number of nitrogens with one attached hydrogen (secondary N) is 1. The Morgan fingerprint density at radius 3 is 2.41 bits per heavy atom. The van der Waals surface area contributed by atoms with Crippen LogP contribution in [0.2, 0.25) is 0 Å². The normalized spacial score (nSPS) is 17.2. The summed E-state index contributed by atoms with van der Waals surface area (Å²) in [7, 11) is 0. The number of carbonyl (C=O) groups is 2. The van der Waals surface area contributed by atoms with E-state index in [2.05, 4.69) is 5.32 Å². The fourth-order valence-corrected chi connectivity index (χ4v) is 1.48. The third-order valence-corrected chi connectivity index (χ3v) is 2.33. The first-order valence-corrected chi connectivity index (χ1v) is 6.09. The van der Waals surface area contributed by atoms with E-state index in [0.29, 0.717) is 0 Å². The van der Waals surface area contributed by atoms with Gasteiger partial charge in [0.1, 0.15) is 11.6 Å². The first-order chi connectivity index (χ1) is 7.83. The summed E-state index contributed by atoms with van der Waals surface area (Å²) in [6.45, 7) is 5.28. The van der Waals surface area contributed by atoms with E-state index in [0.717, 1.165) is 12.8 Å². The molecule has 0 heterocycles. The Hall–Kier alpha value is -0.970. The molecule has 0 bridgehead atoms. The lowest BCUT2D eigenvalue weighted by Gasteiger charge is -2.22. The molecule has 0 radical (unpaired) electrons. The first-order valence-electron chi connectivity index (χ1n) is 5.55. The number of halogens is 1. The Morgan fingerprint density at radius 1 is 1.41 bits per heavy atom. The molecule has 6 heteroatoms. The lowest BCUT2D eigenvalue weighted by atomic mass is 10.2. The predicted molar refractivity (Wildman–Crippen MR) is 62.7 cm³/mol. The van der Waals surface area contributed by atoms with Crippen LogP contribution in [-0.4, -0.2) is 29.8 Å². The van der Waals surface area contributed by atoms with Crippen LogP contribution in [0.1, 0.15) is 33.6 Å². The molecule has 1 rings (SSSR count). The standard InChI is InChI=1S/C11H18ClNO4/c1-11(2,3)17-10(15)13-8(7-4-5-7)9(14)16-6-12/h7-8H,4-6H2,1-3H3,(H,13,15)/t8-/m0/s1. The van der Waals surface area contributed by atoms with Gasteiger partial charge in [-0.1, -0.05) is 11.6 Å². The van der Waals surface area contributed by atoms with Crippen LogP contribution in [-0.2, 0) is 14.3 Å². The number of rotatable bonds is 4. The zero-order chi connectivity index (χ0) is 13.1. The molecule has 0 aliphatic heterocycles. The monoisotopic (exact) mass is 263 g/mol. The first kappa shape index (κ1) is 14.1. The molecule has 1 atom stereocenters. The van der Waals surface area contributed by atoms with Crippen molar-refractivity contribution in [2.75, 3.05) is 6.07 Å². The van der Waals surface area contributed by atoms with E-state index in [4.69, 9.17) is 21.1 Å². The number of alkyl carbamates (subject to hydrolysis) is 1. The number of hydrogen-bond acceptors (Lipinski definition) is 4. The van der Waals surface area contributed by atoms with Crippen molar-refractivity contribution in [2.45, 2.75) is 45.3 Å². The molecule has 5 nitrogen and oxygen atoms in total. The number of esters is 1. The van der Waals surface area contributed by atoms with E-state index in [1.165, 1.54) is 0 Å². The third-order valence-electron chi connectivity index (χ3n) is 2.22. The molecule has 0 unspecified atom stereocenters. The molecule has 0 saturated heterocycles. The van der Waals surface area contributed by atoms with Crippen LogP contribution < -0.4 is 5.32 Å². The van der Waals surface area contributed by atoms with Gasteiger partial charge < -0.3 is 14.8 Å². The summed E-state index contributed by atoms with van der Waals surface area (Å²) < 4.78 is 9.78. The molecule has 1 fully saturated rings. The Balaban J connectivity index is 2.49. The summed E-state index contributed by atoms with van der Waals surface area (Å²) in [5, 5.41) is 2.53. The fourth-order valence-electron chi connectivity index (χ4n) is 1.38. The van der Waals surface area contributed by atoms with Gasteiger partial charge in [-0.2, -0.15) is 0 Å². The van der Waals surface area contributed by atoms with Crippen molar-refractivity contribution >= 4 is 23.7 Å². The van der Waals surface area contributed by atoms with Crippen LogP contribution in [0.3, 0.4) is 0 Å². The van der Waals surface area contributed by atoms with Crippen molar-refractivity contribution in [2.24, 2.45) is 5.92 Å². The molecule has 0 aromatic heterocycles. The van der Waals surface area contributed by atoms with Crippen molar-refractivity contribution < 1.29 is 19.1 Å². The highest BCUT2D eigenvalue weighted by Crippen LogP contribution is 2.33. The number of amides is 1. The molecule has 98 valence electrons. The highest BCUT2D eigenvalue weighted by atomic mass is 35.5. The second-order valence-corrected chi connectivity index (χ2v) is 5.25. The summed E-state index contributed by atoms with van der Waals surface area (Å²) in [5.74, 6) is -0.369. The molecule has 1 amide bonds. The van der Waals surface area contributed by atoms with Gasteiger partial charge in [0.15, 0.2) is 6.07 Å². The topological polar surface area (TPSA) is 64.6 Å². The molecular formula is C11H18ClNO4. The van der Waals surface area contributed by atoms with Gasteiger partial charge in [-0.15, -0.1) is 0 Å². The number of hydrogen-bond donors (Lipinski definition) is 1. The maximum atomic E-state index is 11.5. The van der Waals surface area contributed by atoms with Crippen LogP contribution in [0.5, 0.6) is 0 Å². The highest BCUT2D eigenvalue weighted by Gasteiger charge is 2.39. The third kappa shape index (κ3) is 5.26. The second kappa shape index (κ2) is 5.58. The Labute approximate surface area is 106 Å². The van der Waals surface area contributed by atoms with E-state index in [1.807, 2.05) is 0 Å². The smallest absolute Gasteiger partial charge is 0.408 e. The summed E-state index contributed by atoms with van der Waals surface area (Å²) in [6, 6.07) is -0.860. The van der Waals surface area contributed by atoms with Gasteiger partial charge in [-0.25, -0.2) is 9.59 Å². The molecule has 1 N–H and O–H groups in total. The van der Waals surface area contributed by atoms with Gasteiger partial charge in [0.25, 0.3) is 0 Å². The largest absolute Gasteiger partial charge is 0.448 e. The van der Waals surface area contributed by atoms with E-state index in [-0.39, 0.29) is 12.0 Å². The van der Waals surface area contributed by atoms with Gasteiger partial charge in [0, 0.05) is 0 Å². The van der Waals surface area contributed by atoms with Crippen LogP contribution in [0, 0.1) is 5.92 Å². The molecule has 0 spiro atoms. The average Bonchev–Trinajstić information content (AvgIpc) is 2.94. The molecular weight excluding hydrogens is 246 g/mol. The quantitative estimate of drug-likeness (QED) is 0.623.